The molecule has 2 aromatic carbocycles. The zero-order valence-electron chi connectivity index (χ0n) is 23.3. The van der Waals surface area contributed by atoms with Crippen LogP contribution in [0, 0.1) is 20.2 Å². The van der Waals surface area contributed by atoms with E-state index in [4.69, 9.17) is 24.4 Å². The van der Waals surface area contributed by atoms with Crippen molar-refractivity contribution < 1.29 is 39.2 Å². The lowest BCUT2D eigenvalue weighted by atomic mass is 10.2. The molecular formula is C26H22N6O10S4. The number of amides is 4. The highest BCUT2D eigenvalue weighted by Crippen LogP contribution is 2.42. The van der Waals surface area contributed by atoms with Crippen LogP contribution >= 0.6 is 48.0 Å². The number of nitro groups is 2. The van der Waals surface area contributed by atoms with E-state index in [1.807, 2.05) is 0 Å². The molecule has 4 rings (SSSR count). The Hall–Kier alpha value is -4.66. The van der Waals surface area contributed by atoms with E-state index in [1.165, 1.54) is 9.80 Å². The third kappa shape index (κ3) is 7.94. The second-order valence-corrected chi connectivity index (χ2v) is 12.8. The summed E-state index contributed by atoms with van der Waals surface area (Å²) in [5.41, 5.74) is -0.898. The summed E-state index contributed by atoms with van der Waals surface area (Å²) < 4.78 is 0.339. The molecule has 2 aliphatic rings. The number of hydrogen-bond acceptors (Lipinski definition) is 14. The molecular weight excluding hydrogens is 685 g/mol. The van der Waals surface area contributed by atoms with Gasteiger partial charge in [-0.15, -0.1) is 0 Å². The molecule has 20 heteroatoms. The molecule has 240 valence electrons. The number of benzene rings is 2. The molecule has 0 aliphatic carbocycles. The first-order valence-electron chi connectivity index (χ1n) is 13.1. The van der Waals surface area contributed by atoms with E-state index in [0.717, 1.165) is 59.9 Å². The number of carbonyl (C=O) groups excluding carboxylic acids is 4. The molecule has 2 aromatic rings. The normalized spacial score (nSPS) is 16.3. The van der Waals surface area contributed by atoms with E-state index in [9.17, 15) is 49.6 Å². The van der Waals surface area contributed by atoms with Crippen molar-refractivity contribution in [3.8, 4) is 11.5 Å². The fourth-order valence-electron chi connectivity index (χ4n) is 4.15. The van der Waals surface area contributed by atoms with Crippen molar-refractivity contribution in [3.05, 3.63) is 66.4 Å². The Labute approximate surface area is 278 Å². The van der Waals surface area contributed by atoms with Gasteiger partial charge in [-0.2, -0.15) is 0 Å². The summed E-state index contributed by atoms with van der Waals surface area (Å²) >= 11 is 12.5. The average Bonchev–Trinajstić information content (AvgIpc) is 3.43. The first-order valence-corrected chi connectivity index (χ1v) is 15.6. The lowest BCUT2D eigenvalue weighted by Gasteiger charge is -2.15. The highest BCUT2D eigenvalue weighted by Gasteiger charge is 2.41. The van der Waals surface area contributed by atoms with Crippen molar-refractivity contribution in [2.45, 2.75) is 25.7 Å². The molecule has 0 bridgehead atoms. The number of aromatic hydroxyl groups is 2. The molecule has 0 radical (unpaired) electrons. The van der Waals surface area contributed by atoms with Crippen molar-refractivity contribution in [2.75, 3.05) is 23.7 Å². The summed E-state index contributed by atoms with van der Waals surface area (Å²) in [7, 11) is 0. The van der Waals surface area contributed by atoms with E-state index < -0.39 is 33.5 Å². The quantitative estimate of drug-likeness (QED) is 0.0805. The maximum Gasteiger partial charge on any atom is 0.271 e. The number of nitrogens with zero attached hydrogens (tertiary/aromatic N) is 4. The van der Waals surface area contributed by atoms with Crippen molar-refractivity contribution >= 4 is 103 Å². The fraction of sp³-hybridized carbons (Fsp3) is 0.231. The molecule has 2 aliphatic heterocycles. The van der Waals surface area contributed by atoms with Crippen molar-refractivity contribution in [2.24, 2.45) is 0 Å². The van der Waals surface area contributed by atoms with Gasteiger partial charge in [0.15, 0.2) is 0 Å². The number of anilines is 2. The van der Waals surface area contributed by atoms with Crippen LogP contribution in [0.25, 0.3) is 0 Å². The molecule has 46 heavy (non-hydrogen) atoms. The highest BCUT2D eigenvalue weighted by atomic mass is 32.2. The van der Waals surface area contributed by atoms with Crippen LogP contribution in [-0.2, 0) is 19.2 Å². The summed E-state index contributed by atoms with van der Waals surface area (Å²) in [6.45, 7) is 0.0794. The first-order chi connectivity index (χ1) is 21.8. The number of nitrogens with one attached hydrogen (secondary N) is 2. The Morgan fingerprint density at radius 3 is 1.46 bits per heavy atom. The van der Waals surface area contributed by atoms with Gasteiger partial charge in [0.1, 0.15) is 20.1 Å². The van der Waals surface area contributed by atoms with Gasteiger partial charge in [-0.25, -0.2) is 0 Å². The summed E-state index contributed by atoms with van der Waals surface area (Å²) in [6, 6.07) is 6.39. The van der Waals surface area contributed by atoms with Crippen LogP contribution in [0.2, 0.25) is 0 Å². The highest BCUT2D eigenvalue weighted by molar-refractivity contribution is 8.29. The van der Waals surface area contributed by atoms with Gasteiger partial charge in [0.05, 0.1) is 31.0 Å². The van der Waals surface area contributed by atoms with Gasteiger partial charge in [-0.3, -0.25) is 49.2 Å². The van der Waals surface area contributed by atoms with Crippen molar-refractivity contribution in [1.82, 2.24) is 9.80 Å². The predicted octanol–water partition coefficient (Wildman–Crippen LogP) is 3.98. The Morgan fingerprint density at radius 2 is 1.11 bits per heavy atom. The van der Waals surface area contributed by atoms with Crippen LogP contribution in [0.3, 0.4) is 0 Å². The molecule has 2 saturated heterocycles. The van der Waals surface area contributed by atoms with Crippen LogP contribution in [0.5, 0.6) is 11.5 Å². The molecule has 4 amide bonds. The van der Waals surface area contributed by atoms with Crippen molar-refractivity contribution in [3.63, 3.8) is 0 Å². The van der Waals surface area contributed by atoms with E-state index in [1.54, 1.807) is 0 Å². The number of thiocarbonyl (C=S) groups is 2. The SMILES string of the molecule is O=C(CCCN1C(=O)/C(=C2\SC(=S)N(CCCC(=O)Nc3cc([N+](=O)[O-])ccc3O)C2=O)SC1=S)Nc1cc([N+](=O)[O-])ccc1O. The molecule has 0 saturated carbocycles. The number of phenolic OH excluding ortho intramolecular Hbond substituents is 2. The number of nitro benzene ring substituents is 2. The number of non-ortho nitro benzene ring substituents is 2. The molecule has 16 nitrogen and oxygen atoms in total. The Morgan fingerprint density at radius 1 is 0.739 bits per heavy atom. The number of phenols is 2. The average molecular weight is 707 g/mol. The minimum Gasteiger partial charge on any atom is -0.506 e. The monoisotopic (exact) mass is 706 g/mol. The zero-order chi connectivity index (χ0) is 33.7. The van der Waals surface area contributed by atoms with Crippen LogP contribution in [0.4, 0.5) is 22.7 Å². The lowest BCUT2D eigenvalue weighted by Crippen LogP contribution is -2.31. The van der Waals surface area contributed by atoms with Gasteiger partial charge in [-0.1, -0.05) is 48.0 Å². The van der Waals surface area contributed by atoms with Gasteiger partial charge in [0, 0.05) is 50.2 Å². The second kappa shape index (κ2) is 14.6. The Kier molecular flexibility index (Phi) is 10.9. The molecule has 0 spiro atoms. The van der Waals surface area contributed by atoms with Gasteiger partial charge < -0.3 is 20.8 Å². The second-order valence-electron chi connectivity index (χ2n) is 9.53. The zero-order valence-corrected chi connectivity index (χ0v) is 26.6. The minimum absolute atomic E-state index is 0.0397. The third-order valence-corrected chi connectivity index (χ3v) is 9.43. The van der Waals surface area contributed by atoms with Crippen LogP contribution in [-0.4, -0.2) is 75.2 Å². The van der Waals surface area contributed by atoms with E-state index >= 15 is 0 Å². The molecule has 2 heterocycles. The third-order valence-electron chi connectivity index (χ3n) is 6.41. The minimum atomic E-state index is -0.671. The van der Waals surface area contributed by atoms with Crippen LogP contribution in [0.15, 0.2) is 46.2 Å². The number of thioether (sulfide) groups is 2. The Balaban J connectivity index is 1.29. The lowest BCUT2D eigenvalue weighted by molar-refractivity contribution is -0.385. The van der Waals surface area contributed by atoms with Gasteiger partial charge >= 0.3 is 0 Å². The molecule has 0 aromatic heterocycles. The largest absolute Gasteiger partial charge is 0.506 e. The van der Waals surface area contributed by atoms with Gasteiger partial charge in [0.2, 0.25) is 11.8 Å². The summed E-state index contributed by atoms with van der Waals surface area (Å²) in [4.78, 5) is 74.3. The summed E-state index contributed by atoms with van der Waals surface area (Å²) in [5, 5.41) is 46.5. The summed E-state index contributed by atoms with van der Waals surface area (Å²) in [6.07, 6.45) is 0.0900. The number of carbonyl (C=O) groups is 4. The number of hydrogen-bond donors (Lipinski definition) is 4. The van der Waals surface area contributed by atoms with Gasteiger partial charge in [-0.05, 0) is 25.0 Å². The molecule has 2 fully saturated rings. The molecule has 0 unspecified atom stereocenters. The van der Waals surface area contributed by atoms with Crippen LogP contribution in [0.1, 0.15) is 25.7 Å². The predicted molar refractivity (Wildman–Crippen MR) is 176 cm³/mol. The van der Waals surface area contributed by atoms with Crippen LogP contribution < -0.4 is 10.6 Å². The number of rotatable bonds is 12. The van der Waals surface area contributed by atoms with E-state index in [2.05, 4.69) is 10.6 Å². The van der Waals surface area contributed by atoms with E-state index in [-0.39, 0.29) is 91.5 Å². The van der Waals surface area contributed by atoms with Crippen molar-refractivity contribution in [1.29, 1.82) is 0 Å². The summed E-state index contributed by atoms with van der Waals surface area (Å²) in [5.74, 6) is -2.89. The Bertz CT molecular complexity index is 1610. The van der Waals surface area contributed by atoms with Gasteiger partial charge in [0.25, 0.3) is 23.2 Å². The maximum absolute atomic E-state index is 13.2. The van der Waals surface area contributed by atoms with E-state index in [0.29, 0.717) is 0 Å². The fourth-order valence-corrected chi connectivity index (χ4v) is 6.92. The molecule has 0 atom stereocenters. The topological polar surface area (TPSA) is 226 Å². The standard InChI is InChI=1S/C26H22N6O10S4/c33-17-7-5-13(31(39)40)11-15(17)27-19(35)3-1-9-29-23(37)21(45-25(29)43)22-24(38)30(26(44)46-22)10-2-4-20(36)28-16-12-14(32(41)42)6-8-18(16)34/h5-8,11-12,33-34H,1-4,9-10H2,(H,27,35)(H,28,36)/b22-21+. The smallest absolute Gasteiger partial charge is 0.271 e. The maximum atomic E-state index is 13.2. The first kappa shape index (κ1) is 34.2. The molecule has 4 N–H and O–H groups in total.